The van der Waals surface area contributed by atoms with Gasteiger partial charge in [-0.3, -0.25) is 0 Å². The van der Waals surface area contributed by atoms with Crippen molar-refractivity contribution in [1.82, 2.24) is 9.62 Å². The summed E-state index contributed by atoms with van der Waals surface area (Å²) in [5.74, 6) is -0.593. The summed E-state index contributed by atoms with van der Waals surface area (Å²) in [6.45, 7) is 1.07. The zero-order valence-corrected chi connectivity index (χ0v) is 13.2. The maximum atomic E-state index is 13.2. The molecular formula is C11H17BrFN3O2S. The van der Waals surface area contributed by atoms with Gasteiger partial charge in [-0.2, -0.15) is 0 Å². The Labute approximate surface area is 121 Å². The summed E-state index contributed by atoms with van der Waals surface area (Å²) in [5.41, 5.74) is 5.43. The maximum Gasteiger partial charge on any atom is 0.242 e. The van der Waals surface area contributed by atoms with Gasteiger partial charge in [-0.25, -0.2) is 17.5 Å². The topological polar surface area (TPSA) is 75.4 Å². The lowest BCUT2D eigenvalue weighted by Gasteiger charge is -2.12. The number of hydrogen-bond acceptors (Lipinski definition) is 4. The van der Waals surface area contributed by atoms with Crippen molar-refractivity contribution in [3.05, 3.63) is 22.4 Å². The van der Waals surface area contributed by atoms with Crippen LogP contribution < -0.4 is 10.5 Å². The fraction of sp³-hybridized carbons (Fsp3) is 0.455. The third-order valence-corrected chi connectivity index (χ3v) is 4.54. The lowest BCUT2D eigenvalue weighted by atomic mass is 10.3. The average Bonchev–Trinajstić information content (AvgIpc) is 2.29. The van der Waals surface area contributed by atoms with Crippen molar-refractivity contribution < 1.29 is 12.8 Å². The molecule has 0 aromatic heterocycles. The Kier molecular flexibility index (Phi) is 5.72. The van der Waals surface area contributed by atoms with Gasteiger partial charge in [-0.15, -0.1) is 0 Å². The highest BCUT2D eigenvalue weighted by molar-refractivity contribution is 9.10. The zero-order valence-electron chi connectivity index (χ0n) is 10.8. The quantitative estimate of drug-likeness (QED) is 0.598. The van der Waals surface area contributed by atoms with E-state index >= 15 is 0 Å². The molecule has 0 unspecified atom stereocenters. The predicted octanol–water partition coefficient (Wildman–Crippen LogP) is 1.40. The summed E-state index contributed by atoms with van der Waals surface area (Å²) in [6, 6.07) is 2.15. The van der Waals surface area contributed by atoms with Crippen LogP contribution in [-0.2, 0) is 10.0 Å². The lowest BCUT2D eigenvalue weighted by molar-refractivity contribution is 0.400. The lowest BCUT2D eigenvalue weighted by Crippen LogP contribution is -2.28. The van der Waals surface area contributed by atoms with E-state index in [4.69, 9.17) is 5.73 Å². The molecule has 0 saturated heterocycles. The fourth-order valence-electron chi connectivity index (χ4n) is 1.46. The first kappa shape index (κ1) is 16.4. The van der Waals surface area contributed by atoms with Gasteiger partial charge in [0.1, 0.15) is 10.7 Å². The first-order valence-corrected chi connectivity index (χ1v) is 7.90. The molecule has 0 heterocycles. The van der Waals surface area contributed by atoms with Gasteiger partial charge in [0.15, 0.2) is 0 Å². The normalized spacial score (nSPS) is 12.1. The molecule has 0 aliphatic carbocycles. The second-order valence-corrected chi connectivity index (χ2v) is 6.95. The molecule has 1 aromatic rings. The molecular weight excluding hydrogens is 337 g/mol. The Hall–Kier alpha value is -0.700. The molecule has 0 radical (unpaired) electrons. The van der Waals surface area contributed by atoms with Crippen molar-refractivity contribution in [3.8, 4) is 0 Å². The molecule has 0 spiro atoms. The van der Waals surface area contributed by atoms with Crippen LogP contribution in [0.5, 0.6) is 0 Å². The summed E-state index contributed by atoms with van der Waals surface area (Å²) >= 11 is 2.94. The van der Waals surface area contributed by atoms with Crippen molar-refractivity contribution in [3.63, 3.8) is 0 Å². The van der Waals surface area contributed by atoms with Crippen LogP contribution in [0.1, 0.15) is 6.42 Å². The molecule has 0 atom stereocenters. The molecule has 19 heavy (non-hydrogen) atoms. The van der Waals surface area contributed by atoms with E-state index in [0.29, 0.717) is 13.0 Å². The molecule has 1 aromatic carbocycles. The number of nitrogens with two attached hydrogens (primary N) is 1. The van der Waals surface area contributed by atoms with E-state index in [1.165, 1.54) is 6.07 Å². The van der Waals surface area contributed by atoms with Crippen molar-refractivity contribution in [2.75, 3.05) is 32.9 Å². The summed E-state index contributed by atoms with van der Waals surface area (Å²) in [4.78, 5) is 1.84. The maximum absolute atomic E-state index is 13.2. The van der Waals surface area contributed by atoms with E-state index in [9.17, 15) is 12.8 Å². The molecule has 0 aliphatic rings. The SMILES string of the molecule is CN(C)CCCNS(=O)(=O)c1cc(Br)c(F)cc1N. The van der Waals surface area contributed by atoms with Crippen LogP contribution in [0.25, 0.3) is 0 Å². The minimum atomic E-state index is -3.72. The molecule has 5 nitrogen and oxygen atoms in total. The van der Waals surface area contributed by atoms with Gasteiger partial charge in [-0.1, -0.05) is 0 Å². The molecule has 3 N–H and O–H groups in total. The van der Waals surface area contributed by atoms with Gasteiger partial charge >= 0.3 is 0 Å². The van der Waals surface area contributed by atoms with E-state index in [2.05, 4.69) is 20.7 Å². The van der Waals surface area contributed by atoms with E-state index in [1.54, 1.807) is 0 Å². The number of benzene rings is 1. The largest absolute Gasteiger partial charge is 0.398 e. The molecule has 0 saturated carbocycles. The standard InChI is InChI=1S/C11H17BrFN3O2S/c1-16(2)5-3-4-15-19(17,18)11-6-8(12)9(13)7-10(11)14/h6-7,15H,3-5,14H2,1-2H3. The molecule has 0 fully saturated rings. The number of nitrogens with zero attached hydrogens (tertiary/aromatic N) is 1. The van der Waals surface area contributed by atoms with Gasteiger partial charge in [-0.05, 0) is 55.1 Å². The highest BCUT2D eigenvalue weighted by Crippen LogP contribution is 2.25. The Morgan fingerprint density at radius 3 is 2.63 bits per heavy atom. The summed E-state index contributed by atoms with van der Waals surface area (Å²) in [6.07, 6.45) is 0.675. The van der Waals surface area contributed by atoms with Crippen LogP contribution in [0.2, 0.25) is 0 Å². The Morgan fingerprint density at radius 1 is 1.42 bits per heavy atom. The first-order chi connectivity index (χ1) is 8.74. The van der Waals surface area contributed by atoms with Gasteiger partial charge in [0, 0.05) is 6.54 Å². The van der Waals surface area contributed by atoms with Crippen LogP contribution in [0, 0.1) is 5.82 Å². The van der Waals surface area contributed by atoms with Gasteiger partial charge in [0.2, 0.25) is 10.0 Å². The van der Waals surface area contributed by atoms with Crippen LogP contribution in [0.3, 0.4) is 0 Å². The average molecular weight is 354 g/mol. The molecule has 8 heteroatoms. The van der Waals surface area contributed by atoms with Gasteiger partial charge in [0.05, 0.1) is 10.2 Å². The monoisotopic (exact) mass is 353 g/mol. The minimum Gasteiger partial charge on any atom is -0.398 e. The van der Waals surface area contributed by atoms with Crippen molar-refractivity contribution in [1.29, 1.82) is 0 Å². The van der Waals surface area contributed by atoms with Crippen molar-refractivity contribution in [2.45, 2.75) is 11.3 Å². The van der Waals surface area contributed by atoms with E-state index in [1.807, 2.05) is 19.0 Å². The molecule has 0 amide bonds. The second kappa shape index (κ2) is 6.65. The van der Waals surface area contributed by atoms with Crippen LogP contribution in [-0.4, -0.2) is 40.5 Å². The molecule has 1 rings (SSSR count). The van der Waals surface area contributed by atoms with Crippen molar-refractivity contribution in [2.24, 2.45) is 0 Å². The van der Waals surface area contributed by atoms with Crippen LogP contribution in [0.15, 0.2) is 21.5 Å². The third kappa shape index (κ3) is 4.72. The number of halogens is 2. The summed E-state index contributed by atoms with van der Waals surface area (Å²) < 4.78 is 39.7. The van der Waals surface area contributed by atoms with E-state index in [0.717, 1.165) is 12.6 Å². The molecule has 0 bridgehead atoms. The van der Waals surface area contributed by atoms with E-state index in [-0.39, 0.29) is 15.1 Å². The number of sulfonamides is 1. The third-order valence-electron chi connectivity index (χ3n) is 2.42. The van der Waals surface area contributed by atoms with Gasteiger partial charge < -0.3 is 10.6 Å². The Morgan fingerprint density at radius 2 is 2.05 bits per heavy atom. The second-order valence-electron chi connectivity index (χ2n) is 4.36. The highest BCUT2D eigenvalue weighted by atomic mass is 79.9. The smallest absolute Gasteiger partial charge is 0.242 e. The fourth-order valence-corrected chi connectivity index (χ4v) is 3.16. The summed E-state index contributed by atoms with van der Waals surface area (Å²) in [7, 11) is 0.0943. The Balaban J connectivity index is 2.80. The Bertz CT molecular complexity index is 549. The van der Waals surface area contributed by atoms with Crippen LogP contribution in [0.4, 0.5) is 10.1 Å². The highest BCUT2D eigenvalue weighted by Gasteiger charge is 2.19. The van der Waals surface area contributed by atoms with E-state index < -0.39 is 15.8 Å². The zero-order chi connectivity index (χ0) is 14.6. The van der Waals surface area contributed by atoms with Crippen LogP contribution >= 0.6 is 15.9 Å². The first-order valence-electron chi connectivity index (χ1n) is 5.63. The number of rotatable bonds is 6. The molecule has 0 aliphatic heterocycles. The van der Waals surface area contributed by atoms with Crippen molar-refractivity contribution >= 4 is 31.6 Å². The predicted molar refractivity (Wildman–Crippen MR) is 76.9 cm³/mol. The van der Waals surface area contributed by atoms with Gasteiger partial charge in [0.25, 0.3) is 0 Å². The molecule has 108 valence electrons. The minimum absolute atomic E-state index is 0.0652. The summed E-state index contributed by atoms with van der Waals surface area (Å²) in [5, 5.41) is 0. The number of nitrogens with one attached hydrogen (secondary N) is 1. The number of nitrogen functional groups attached to an aromatic ring is 1. The number of hydrogen-bond donors (Lipinski definition) is 2. The number of anilines is 1.